The van der Waals surface area contributed by atoms with Crippen molar-refractivity contribution in [1.82, 2.24) is 0 Å². The summed E-state index contributed by atoms with van der Waals surface area (Å²) in [6.45, 7) is 0. The first-order chi connectivity index (χ1) is 10.1. The second-order valence-corrected chi connectivity index (χ2v) is 6.18. The standard InChI is InChI=1S/C17H21BrO3/c1-21-16(20)8-7-13-5-4-6-14(11-13)17(15(19)12-18)9-2-3-10-17/h4-6,11H,2-3,7-10,12H2,1H3. The Morgan fingerprint density at radius 3 is 2.62 bits per heavy atom. The zero-order chi connectivity index (χ0) is 15.3. The van der Waals surface area contributed by atoms with Gasteiger partial charge in [0.2, 0.25) is 0 Å². The summed E-state index contributed by atoms with van der Waals surface area (Å²) >= 11 is 3.32. The topological polar surface area (TPSA) is 43.4 Å². The highest BCUT2D eigenvalue weighted by Gasteiger charge is 2.41. The van der Waals surface area contributed by atoms with Crippen LogP contribution in [0.4, 0.5) is 0 Å². The number of esters is 1. The number of halogens is 1. The van der Waals surface area contributed by atoms with Crippen LogP contribution in [0.1, 0.15) is 43.2 Å². The van der Waals surface area contributed by atoms with Gasteiger partial charge in [0.15, 0.2) is 5.78 Å². The van der Waals surface area contributed by atoms with Gasteiger partial charge in [-0.25, -0.2) is 0 Å². The Balaban J connectivity index is 2.22. The number of benzene rings is 1. The molecule has 21 heavy (non-hydrogen) atoms. The Morgan fingerprint density at radius 1 is 1.29 bits per heavy atom. The average Bonchev–Trinajstić information content (AvgIpc) is 3.03. The first-order valence-electron chi connectivity index (χ1n) is 7.38. The zero-order valence-electron chi connectivity index (χ0n) is 12.4. The Kier molecular flexibility index (Phi) is 5.57. The number of Topliss-reactive ketones (excluding diaryl/α,β-unsaturated/α-hetero) is 1. The van der Waals surface area contributed by atoms with E-state index in [1.54, 1.807) is 0 Å². The highest BCUT2D eigenvalue weighted by molar-refractivity contribution is 9.09. The number of methoxy groups -OCH3 is 1. The Labute approximate surface area is 134 Å². The quantitative estimate of drug-likeness (QED) is 0.580. The van der Waals surface area contributed by atoms with Crippen molar-refractivity contribution in [2.24, 2.45) is 0 Å². The number of aryl methyl sites for hydroxylation is 1. The summed E-state index contributed by atoms with van der Waals surface area (Å²) in [5, 5.41) is 0.402. The molecular weight excluding hydrogens is 332 g/mol. The van der Waals surface area contributed by atoms with Gasteiger partial charge in [-0.05, 0) is 30.4 Å². The Morgan fingerprint density at radius 2 is 2.00 bits per heavy atom. The second-order valence-electron chi connectivity index (χ2n) is 5.62. The van der Waals surface area contributed by atoms with Crippen molar-refractivity contribution < 1.29 is 14.3 Å². The van der Waals surface area contributed by atoms with Gasteiger partial charge < -0.3 is 4.74 Å². The average molecular weight is 353 g/mol. The lowest BCUT2D eigenvalue weighted by Gasteiger charge is -2.27. The normalized spacial score (nSPS) is 16.7. The number of hydrogen-bond donors (Lipinski definition) is 0. The van der Waals surface area contributed by atoms with Crippen molar-refractivity contribution in [3.05, 3.63) is 35.4 Å². The molecule has 0 unspecified atom stereocenters. The first-order valence-corrected chi connectivity index (χ1v) is 8.50. The van der Waals surface area contributed by atoms with Crippen LogP contribution < -0.4 is 0 Å². The van der Waals surface area contributed by atoms with E-state index in [1.165, 1.54) is 7.11 Å². The van der Waals surface area contributed by atoms with Crippen LogP contribution in [0.5, 0.6) is 0 Å². The number of hydrogen-bond acceptors (Lipinski definition) is 3. The van der Waals surface area contributed by atoms with Crippen molar-refractivity contribution in [3.63, 3.8) is 0 Å². The molecule has 0 radical (unpaired) electrons. The minimum Gasteiger partial charge on any atom is -0.469 e. The summed E-state index contributed by atoms with van der Waals surface area (Å²) in [6, 6.07) is 8.14. The van der Waals surface area contributed by atoms with Gasteiger partial charge in [-0.3, -0.25) is 9.59 Å². The van der Waals surface area contributed by atoms with Crippen LogP contribution in [0, 0.1) is 0 Å². The van der Waals surface area contributed by atoms with Crippen LogP contribution in [0.25, 0.3) is 0 Å². The molecule has 114 valence electrons. The van der Waals surface area contributed by atoms with Crippen molar-refractivity contribution >= 4 is 27.7 Å². The van der Waals surface area contributed by atoms with Crippen LogP contribution in [0.15, 0.2) is 24.3 Å². The molecular formula is C17H21BrO3. The third-order valence-corrected chi connectivity index (χ3v) is 4.95. The van der Waals surface area contributed by atoms with E-state index >= 15 is 0 Å². The van der Waals surface area contributed by atoms with Gasteiger partial charge >= 0.3 is 5.97 Å². The van der Waals surface area contributed by atoms with E-state index in [2.05, 4.69) is 26.7 Å². The van der Waals surface area contributed by atoms with Crippen LogP contribution >= 0.6 is 15.9 Å². The smallest absolute Gasteiger partial charge is 0.305 e. The molecule has 0 spiro atoms. The van der Waals surface area contributed by atoms with E-state index in [-0.39, 0.29) is 17.2 Å². The fraction of sp³-hybridized carbons (Fsp3) is 0.529. The minimum atomic E-state index is -0.329. The summed E-state index contributed by atoms with van der Waals surface area (Å²) < 4.78 is 4.68. The first kappa shape index (κ1) is 16.2. The van der Waals surface area contributed by atoms with E-state index in [0.717, 1.165) is 36.8 Å². The maximum Gasteiger partial charge on any atom is 0.305 e. The molecule has 2 rings (SSSR count). The fourth-order valence-corrected chi connectivity index (χ4v) is 3.74. The van der Waals surface area contributed by atoms with E-state index in [4.69, 9.17) is 0 Å². The Bertz CT molecular complexity index is 519. The largest absolute Gasteiger partial charge is 0.469 e. The van der Waals surface area contributed by atoms with E-state index in [1.807, 2.05) is 18.2 Å². The molecule has 0 N–H and O–H groups in total. The number of rotatable bonds is 6. The molecule has 0 aliphatic heterocycles. The van der Waals surface area contributed by atoms with E-state index in [9.17, 15) is 9.59 Å². The van der Waals surface area contributed by atoms with Gasteiger partial charge in [0.05, 0.1) is 17.9 Å². The molecule has 0 amide bonds. The molecule has 1 aliphatic carbocycles. The van der Waals surface area contributed by atoms with Gasteiger partial charge in [0.1, 0.15) is 0 Å². The number of alkyl halides is 1. The number of carbonyl (C=O) groups is 2. The minimum absolute atomic E-state index is 0.201. The highest BCUT2D eigenvalue weighted by Crippen LogP contribution is 2.42. The molecule has 0 aromatic heterocycles. The summed E-state index contributed by atoms with van der Waals surface area (Å²) in [5.74, 6) is 0.0673. The van der Waals surface area contributed by atoms with E-state index < -0.39 is 0 Å². The summed E-state index contributed by atoms with van der Waals surface area (Å²) in [4.78, 5) is 23.7. The molecule has 1 aliphatic rings. The summed E-state index contributed by atoms with van der Waals surface area (Å²) in [5.41, 5.74) is 1.86. The van der Waals surface area contributed by atoms with Crippen LogP contribution in [-0.2, 0) is 26.2 Å². The van der Waals surface area contributed by atoms with Gasteiger partial charge in [-0.1, -0.05) is 53.0 Å². The van der Waals surface area contributed by atoms with Crippen LogP contribution in [0.3, 0.4) is 0 Å². The van der Waals surface area contributed by atoms with Crippen LogP contribution in [-0.4, -0.2) is 24.2 Å². The number of carbonyl (C=O) groups excluding carboxylic acids is 2. The molecule has 0 heterocycles. The monoisotopic (exact) mass is 352 g/mol. The molecule has 0 atom stereocenters. The molecule has 0 saturated heterocycles. The molecule has 1 aromatic carbocycles. The maximum atomic E-state index is 12.4. The SMILES string of the molecule is COC(=O)CCc1cccc(C2(C(=O)CBr)CCCC2)c1. The number of ether oxygens (including phenoxy) is 1. The molecule has 0 bridgehead atoms. The lowest BCUT2D eigenvalue weighted by Crippen LogP contribution is -2.34. The third kappa shape index (κ3) is 3.54. The number of ketones is 1. The molecule has 3 nitrogen and oxygen atoms in total. The van der Waals surface area contributed by atoms with E-state index in [0.29, 0.717) is 18.2 Å². The fourth-order valence-electron chi connectivity index (χ4n) is 3.21. The van der Waals surface area contributed by atoms with Crippen LogP contribution in [0.2, 0.25) is 0 Å². The van der Waals surface area contributed by atoms with Crippen molar-refractivity contribution in [3.8, 4) is 0 Å². The highest BCUT2D eigenvalue weighted by atomic mass is 79.9. The lowest BCUT2D eigenvalue weighted by atomic mass is 9.75. The van der Waals surface area contributed by atoms with Gasteiger partial charge in [0.25, 0.3) is 0 Å². The lowest BCUT2D eigenvalue weighted by molar-refractivity contribution is -0.140. The van der Waals surface area contributed by atoms with Gasteiger partial charge in [-0.2, -0.15) is 0 Å². The van der Waals surface area contributed by atoms with Gasteiger partial charge in [-0.15, -0.1) is 0 Å². The maximum absolute atomic E-state index is 12.4. The zero-order valence-corrected chi connectivity index (χ0v) is 13.9. The molecule has 1 saturated carbocycles. The second kappa shape index (κ2) is 7.21. The predicted octanol–water partition coefficient (Wildman–Crippen LogP) is 3.57. The molecule has 1 aromatic rings. The summed E-state index contributed by atoms with van der Waals surface area (Å²) in [6.07, 6.45) is 5.09. The van der Waals surface area contributed by atoms with Crippen molar-refractivity contribution in [1.29, 1.82) is 0 Å². The Hall–Kier alpha value is -1.16. The predicted molar refractivity (Wildman–Crippen MR) is 85.7 cm³/mol. The molecule has 4 heteroatoms. The summed E-state index contributed by atoms with van der Waals surface area (Å²) in [7, 11) is 1.40. The van der Waals surface area contributed by atoms with Crippen molar-refractivity contribution in [2.75, 3.05) is 12.4 Å². The molecule has 1 fully saturated rings. The van der Waals surface area contributed by atoms with Gasteiger partial charge in [0, 0.05) is 6.42 Å². The third-order valence-electron chi connectivity index (χ3n) is 4.44. The van der Waals surface area contributed by atoms with Crippen molar-refractivity contribution in [2.45, 2.75) is 43.9 Å².